The van der Waals surface area contributed by atoms with E-state index in [0.29, 0.717) is 5.92 Å². The van der Waals surface area contributed by atoms with E-state index in [2.05, 4.69) is 33.0 Å². The average Bonchev–Trinajstić information content (AvgIpc) is 2.34. The van der Waals surface area contributed by atoms with Crippen LogP contribution in [0.5, 0.6) is 0 Å². The molecular weight excluding hydrogens is 236 g/mol. The summed E-state index contributed by atoms with van der Waals surface area (Å²) in [7, 11) is 1.85. The lowest BCUT2D eigenvalue weighted by atomic mass is 10.1. The van der Waals surface area contributed by atoms with E-state index >= 15 is 0 Å². The largest absolute Gasteiger partial charge is 0.387 e. The Balaban J connectivity index is 3.09. The molecule has 0 aliphatic carbocycles. The number of benzene rings is 1. The summed E-state index contributed by atoms with van der Waals surface area (Å²) in [6.45, 7) is 11.2. The van der Waals surface area contributed by atoms with Gasteiger partial charge in [-0.05, 0) is 44.4 Å². The van der Waals surface area contributed by atoms with Gasteiger partial charge in [-0.3, -0.25) is 4.79 Å². The number of amides is 1. The number of nitrogens with zero attached hydrogens (tertiary/aromatic N) is 1. The molecule has 106 valence electrons. The molecule has 0 aromatic heterocycles. The molecule has 1 rings (SSSR count). The lowest BCUT2D eigenvalue weighted by molar-refractivity contribution is 0.0683. The van der Waals surface area contributed by atoms with Crippen molar-refractivity contribution in [1.82, 2.24) is 4.90 Å². The van der Waals surface area contributed by atoms with E-state index < -0.39 is 0 Å². The van der Waals surface area contributed by atoms with E-state index in [1.807, 2.05) is 37.1 Å². The van der Waals surface area contributed by atoms with Crippen LogP contribution in [0.25, 0.3) is 0 Å². The zero-order valence-electron chi connectivity index (χ0n) is 12.9. The van der Waals surface area contributed by atoms with Crippen molar-refractivity contribution in [3.63, 3.8) is 0 Å². The van der Waals surface area contributed by atoms with E-state index in [9.17, 15) is 4.79 Å². The second-order valence-electron chi connectivity index (χ2n) is 5.74. The second kappa shape index (κ2) is 6.60. The van der Waals surface area contributed by atoms with Crippen LogP contribution in [0.1, 0.15) is 43.6 Å². The van der Waals surface area contributed by atoms with Gasteiger partial charge in [0.15, 0.2) is 0 Å². The maximum Gasteiger partial charge on any atom is 0.256 e. The molecule has 1 aromatic rings. The third kappa shape index (κ3) is 3.98. The minimum absolute atomic E-state index is 0.105. The number of aryl methyl sites for hydroxylation is 1. The summed E-state index contributed by atoms with van der Waals surface area (Å²) in [5.41, 5.74) is 2.81. The lowest BCUT2D eigenvalue weighted by Crippen LogP contribution is -2.39. The molecule has 0 bridgehead atoms. The fraction of sp³-hybridized carbons (Fsp3) is 0.562. The monoisotopic (exact) mass is 262 g/mol. The van der Waals surface area contributed by atoms with Gasteiger partial charge >= 0.3 is 0 Å². The lowest BCUT2D eigenvalue weighted by Gasteiger charge is -2.29. The van der Waals surface area contributed by atoms with Crippen molar-refractivity contribution in [3.05, 3.63) is 29.3 Å². The van der Waals surface area contributed by atoms with Crippen molar-refractivity contribution in [2.75, 3.05) is 18.9 Å². The molecule has 0 atom stereocenters. The first-order chi connectivity index (χ1) is 8.86. The molecule has 3 nitrogen and oxygen atoms in total. The van der Waals surface area contributed by atoms with Gasteiger partial charge in [-0.25, -0.2) is 0 Å². The predicted octanol–water partition coefficient (Wildman–Crippen LogP) is 3.54. The molecule has 3 heteroatoms. The summed E-state index contributed by atoms with van der Waals surface area (Å²) < 4.78 is 0. The van der Waals surface area contributed by atoms with E-state index in [0.717, 1.165) is 23.4 Å². The van der Waals surface area contributed by atoms with E-state index in [4.69, 9.17) is 0 Å². The van der Waals surface area contributed by atoms with Crippen LogP contribution in [0.3, 0.4) is 0 Å². The molecule has 19 heavy (non-hydrogen) atoms. The Bertz CT molecular complexity index is 438. The zero-order chi connectivity index (χ0) is 14.6. The summed E-state index contributed by atoms with van der Waals surface area (Å²) in [6, 6.07) is 6.13. The molecule has 0 unspecified atom stereocenters. The van der Waals surface area contributed by atoms with Crippen molar-refractivity contribution in [1.29, 1.82) is 0 Å². The Labute approximate surface area is 117 Å². The quantitative estimate of drug-likeness (QED) is 0.880. The molecule has 0 heterocycles. The Morgan fingerprint density at radius 3 is 2.37 bits per heavy atom. The molecule has 0 aliphatic heterocycles. The summed E-state index contributed by atoms with van der Waals surface area (Å²) in [5, 5.41) is 3.12. The van der Waals surface area contributed by atoms with E-state index in [1.165, 1.54) is 0 Å². The number of carbonyl (C=O) groups is 1. The maximum atomic E-state index is 12.7. The number of rotatable bonds is 5. The molecule has 0 spiro atoms. The average molecular weight is 262 g/mol. The van der Waals surface area contributed by atoms with Gasteiger partial charge < -0.3 is 10.2 Å². The van der Waals surface area contributed by atoms with Crippen LogP contribution in [0, 0.1) is 12.8 Å². The first kappa shape index (κ1) is 15.5. The van der Waals surface area contributed by atoms with Gasteiger partial charge in [-0.15, -0.1) is 0 Å². The molecular formula is C16H26N2O. The third-order valence-electron chi connectivity index (χ3n) is 3.12. The normalized spacial score (nSPS) is 10.9. The molecule has 0 saturated carbocycles. The standard InChI is InChI=1S/C16H26N2O/c1-11(2)10-18(12(3)4)16(19)14-8-7-13(5)9-15(14)17-6/h7-9,11-12,17H,10H2,1-6H3. The van der Waals surface area contributed by atoms with Crippen LogP contribution in [0.15, 0.2) is 18.2 Å². The summed E-state index contributed by atoms with van der Waals surface area (Å²) in [4.78, 5) is 14.6. The van der Waals surface area contributed by atoms with Crippen LogP contribution in [0.2, 0.25) is 0 Å². The molecule has 0 aliphatic rings. The Morgan fingerprint density at radius 2 is 1.89 bits per heavy atom. The highest BCUT2D eigenvalue weighted by atomic mass is 16.2. The van der Waals surface area contributed by atoms with Crippen molar-refractivity contribution in [2.24, 2.45) is 5.92 Å². The number of hydrogen-bond donors (Lipinski definition) is 1. The summed E-state index contributed by atoms with van der Waals surface area (Å²) in [6.07, 6.45) is 0. The number of hydrogen-bond acceptors (Lipinski definition) is 2. The summed E-state index contributed by atoms with van der Waals surface area (Å²) >= 11 is 0. The highest BCUT2D eigenvalue weighted by Crippen LogP contribution is 2.20. The van der Waals surface area contributed by atoms with Crippen molar-refractivity contribution >= 4 is 11.6 Å². The van der Waals surface area contributed by atoms with Gasteiger partial charge in [0.25, 0.3) is 5.91 Å². The fourth-order valence-corrected chi connectivity index (χ4v) is 2.13. The first-order valence-electron chi connectivity index (χ1n) is 6.96. The van der Waals surface area contributed by atoms with Gasteiger partial charge in [0.2, 0.25) is 0 Å². The highest BCUT2D eigenvalue weighted by Gasteiger charge is 2.21. The third-order valence-corrected chi connectivity index (χ3v) is 3.12. The van der Waals surface area contributed by atoms with Crippen molar-refractivity contribution in [3.8, 4) is 0 Å². The number of carbonyl (C=O) groups excluding carboxylic acids is 1. The van der Waals surface area contributed by atoms with E-state index in [-0.39, 0.29) is 11.9 Å². The second-order valence-corrected chi connectivity index (χ2v) is 5.74. The van der Waals surface area contributed by atoms with Crippen LogP contribution in [-0.2, 0) is 0 Å². The minimum atomic E-state index is 0.105. The summed E-state index contributed by atoms with van der Waals surface area (Å²) in [5.74, 6) is 0.572. The van der Waals surface area contributed by atoms with Gasteiger partial charge in [-0.2, -0.15) is 0 Å². The Morgan fingerprint density at radius 1 is 1.26 bits per heavy atom. The SMILES string of the molecule is CNc1cc(C)ccc1C(=O)N(CC(C)C)C(C)C. The molecule has 1 N–H and O–H groups in total. The molecule has 0 radical (unpaired) electrons. The van der Waals surface area contributed by atoms with Crippen molar-refractivity contribution in [2.45, 2.75) is 40.7 Å². The van der Waals surface area contributed by atoms with Crippen LogP contribution in [-0.4, -0.2) is 30.4 Å². The number of anilines is 1. The Hall–Kier alpha value is -1.51. The number of nitrogens with one attached hydrogen (secondary N) is 1. The molecule has 1 amide bonds. The molecule has 0 fully saturated rings. The maximum absolute atomic E-state index is 12.7. The van der Waals surface area contributed by atoms with Gasteiger partial charge in [0.1, 0.15) is 0 Å². The first-order valence-corrected chi connectivity index (χ1v) is 6.96. The topological polar surface area (TPSA) is 32.3 Å². The molecule has 0 saturated heterocycles. The van der Waals surface area contributed by atoms with E-state index in [1.54, 1.807) is 0 Å². The van der Waals surface area contributed by atoms with Gasteiger partial charge in [0, 0.05) is 25.3 Å². The Kier molecular flexibility index (Phi) is 5.40. The van der Waals surface area contributed by atoms with Gasteiger partial charge in [-0.1, -0.05) is 19.9 Å². The van der Waals surface area contributed by atoms with Crippen molar-refractivity contribution < 1.29 is 4.79 Å². The van der Waals surface area contributed by atoms with Crippen LogP contribution < -0.4 is 5.32 Å². The van der Waals surface area contributed by atoms with Crippen LogP contribution in [0.4, 0.5) is 5.69 Å². The predicted molar refractivity (Wildman–Crippen MR) is 81.7 cm³/mol. The van der Waals surface area contributed by atoms with Crippen LogP contribution >= 0.6 is 0 Å². The highest BCUT2D eigenvalue weighted by molar-refractivity contribution is 5.99. The van der Waals surface area contributed by atoms with Gasteiger partial charge in [0.05, 0.1) is 5.56 Å². The molecule has 1 aromatic carbocycles. The minimum Gasteiger partial charge on any atom is -0.387 e. The smallest absolute Gasteiger partial charge is 0.256 e. The fourth-order valence-electron chi connectivity index (χ4n) is 2.13. The zero-order valence-corrected chi connectivity index (χ0v) is 12.9.